The molecule has 120 valence electrons. The zero-order valence-electron chi connectivity index (χ0n) is 12.9. The van der Waals surface area contributed by atoms with E-state index < -0.39 is 14.6 Å². The maximum Gasteiger partial charge on any atom is 0.247 e. The molecule has 0 bridgehead atoms. The minimum atomic E-state index is -3.32. The molecule has 1 aromatic carbocycles. The van der Waals surface area contributed by atoms with Gasteiger partial charge >= 0.3 is 0 Å². The zero-order chi connectivity index (χ0) is 16.2. The maximum absolute atomic E-state index is 12.6. The molecule has 2 aromatic heterocycles. The number of nitrogens with zero attached hydrogens (tertiary/aromatic N) is 2. The van der Waals surface area contributed by atoms with Crippen LogP contribution in [0.25, 0.3) is 22.3 Å². The van der Waals surface area contributed by atoms with Crippen LogP contribution in [0.5, 0.6) is 0 Å². The number of benzene rings is 1. The maximum atomic E-state index is 12.6. The highest BCUT2D eigenvalue weighted by atomic mass is 32.2. The van der Waals surface area contributed by atoms with Crippen molar-refractivity contribution in [1.82, 2.24) is 15.1 Å². The topological polar surface area (TPSA) is 88.8 Å². The van der Waals surface area contributed by atoms with Gasteiger partial charge in [0.1, 0.15) is 4.75 Å². The van der Waals surface area contributed by atoms with Gasteiger partial charge in [0.15, 0.2) is 9.84 Å². The highest BCUT2D eigenvalue weighted by molar-refractivity contribution is 7.93. The average Bonchev–Trinajstić information content (AvgIpc) is 3.08. The molecule has 1 saturated carbocycles. The molecule has 0 atom stereocenters. The molecule has 0 saturated heterocycles. The highest BCUT2D eigenvalue weighted by Crippen LogP contribution is 2.41. The Morgan fingerprint density at radius 1 is 1.26 bits per heavy atom. The molecular formula is C16H17N3O3S. The van der Waals surface area contributed by atoms with Crippen molar-refractivity contribution >= 4 is 20.7 Å². The molecule has 7 heteroatoms. The SMILES string of the molecule is CC(C)(c1nc(-c2cccc3[nH]ccc23)no1)S(=O)(=O)C1CC1. The number of sulfone groups is 1. The van der Waals surface area contributed by atoms with Gasteiger partial charge in [0.2, 0.25) is 11.7 Å². The molecule has 23 heavy (non-hydrogen) atoms. The summed E-state index contributed by atoms with van der Waals surface area (Å²) >= 11 is 0. The van der Waals surface area contributed by atoms with Crippen LogP contribution in [0.2, 0.25) is 0 Å². The molecular weight excluding hydrogens is 314 g/mol. The van der Waals surface area contributed by atoms with Gasteiger partial charge < -0.3 is 9.51 Å². The molecule has 0 unspecified atom stereocenters. The number of fused-ring (bicyclic) bond motifs is 1. The van der Waals surface area contributed by atoms with E-state index >= 15 is 0 Å². The van der Waals surface area contributed by atoms with Gasteiger partial charge in [-0.15, -0.1) is 0 Å². The van der Waals surface area contributed by atoms with Crippen LogP contribution in [0.1, 0.15) is 32.6 Å². The lowest BCUT2D eigenvalue weighted by atomic mass is 10.1. The van der Waals surface area contributed by atoms with Crippen molar-refractivity contribution in [3.8, 4) is 11.4 Å². The fourth-order valence-electron chi connectivity index (χ4n) is 2.77. The van der Waals surface area contributed by atoms with Crippen LogP contribution in [0.15, 0.2) is 35.0 Å². The van der Waals surface area contributed by atoms with E-state index in [1.165, 1.54) is 0 Å². The van der Waals surface area contributed by atoms with Crippen LogP contribution in [0.3, 0.4) is 0 Å². The van der Waals surface area contributed by atoms with Crippen molar-refractivity contribution < 1.29 is 12.9 Å². The van der Waals surface area contributed by atoms with Crippen LogP contribution >= 0.6 is 0 Å². The predicted octanol–water partition coefficient (Wildman–Crippen LogP) is 3.03. The first kappa shape index (κ1) is 14.4. The van der Waals surface area contributed by atoms with E-state index in [-0.39, 0.29) is 11.1 Å². The van der Waals surface area contributed by atoms with Gasteiger partial charge in [-0.05, 0) is 38.8 Å². The van der Waals surface area contributed by atoms with Crippen LogP contribution < -0.4 is 0 Å². The molecule has 1 aliphatic rings. The van der Waals surface area contributed by atoms with Gasteiger partial charge in [-0.1, -0.05) is 17.3 Å². The molecule has 3 aromatic rings. The van der Waals surface area contributed by atoms with E-state index in [9.17, 15) is 8.42 Å². The van der Waals surface area contributed by atoms with Crippen LogP contribution in [-0.4, -0.2) is 28.8 Å². The average molecular weight is 331 g/mol. The van der Waals surface area contributed by atoms with Crippen molar-refractivity contribution in [2.75, 3.05) is 0 Å². The van der Waals surface area contributed by atoms with Gasteiger partial charge in [0, 0.05) is 22.7 Å². The Morgan fingerprint density at radius 3 is 2.78 bits per heavy atom. The number of hydrogen-bond acceptors (Lipinski definition) is 5. The zero-order valence-corrected chi connectivity index (χ0v) is 13.7. The summed E-state index contributed by atoms with van der Waals surface area (Å²) in [4.78, 5) is 7.52. The first-order valence-electron chi connectivity index (χ1n) is 7.55. The van der Waals surface area contributed by atoms with Crippen molar-refractivity contribution in [3.05, 3.63) is 36.4 Å². The lowest BCUT2D eigenvalue weighted by Gasteiger charge is -2.19. The van der Waals surface area contributed by atoms with Crippen molar-refractivity contribution in [1.29, 1.82) is 0 Å². The quantitative estimate of drug-likeness (QED) is 0.794. The first-order valence-corrected chi connectivity index (χ1v) is 9.10. The van der Waals surface area contributed by atoms with Gasteiger partial charge in [0.25, 0.3) is 0 Å². The largest absolute Gasteiger partial charge is 0.361 e. The predicted molar refractivity (Wildman–Crippen MR) is 86.6 cm³/mol. The Bertz CT molecular complexity index is 981. The Kier molecular flexibility index (Phi) is 2.93. The Balaban J connectivity index is 1.79. The summed E-state index contributed by atoms with van der Waals surface area (Å²) in [7, 11) is -3.32. The van der Waals surface area contributed by atoms with Gasteiger partial charge in [-0.2, -0.15) is 4.98 Å². The summed E-state index contributed by atoms with van der Waals surface area (Å²) in [6.07, 6.45) is 3.28. The third-order valence-electron chi connectivity index (χ3n) is 4.45. The summed E-state index contributed by atoms with van der Waals surface area (Å²) in [5, 5.41) is 4.71. The van der Waals surface area contributed by atoms with Crippen molar-refractivity contribution in [3.63, 3.8) is 0 Å². The monoisotopic (exact) mass is 331 g/mol. The Labute approximate surface area is 133 Å². The fourth-order valence-corrected chi connectivity index (χ4v) is 4.69. The molecule has 1 aliphatic carbocycles. The number of rotatable bonds is 4. The summed E-state index contributed by atoms with van der Waals surface area (Å²) in [6, 6.07) is 7.69. The van der Waals surface area contributed by atoms with Gasteiger partial charge in [-0.3, -0.25) is 0 Å². The molecule has 0 amide bonds. The normalized spacial score (nSPS) is 16.1. The molecule has 0 aliphatic heterocycles. The van der Waals surface area contributed by atoms with E-state index in [1.807, 2.05) is 30.5 Å². The highest BCUT2D eigenvalue weighted by Gasteiger charge is 2.50. The van der Waals surface area contributed by atoms with Crippen LogP contribution in [0.4, 0.5) is 0 Å². The minimum Gasteiger partial charge on any atom is -0.361 e. The van der Waals surface area contributed by atoms with E-state index in [1.54, 1.807) is 13.8 Å². The summed E-state index contributed by atoms with van der Waals surface area (Å²) < 4.78 is 29.3. The lowest BCUT2D eigenvalue weighted by Crippen LogP contribution is -2.32. The van der Waals surface area contributed by atoms with Crippen LogP contribution in [0, 0.1) is 0 Å². The second-order valence-corrected chi connectivity index (χ2v) is 9.20. The standard InChI is InChI=1S/C16H17N3O3S/c1-16(2,23(20,21)10-6-7-10)15-18-14(19-22-15)12-4-3-5-13-11(12)8-9-17-13/h3-5,8-10,17H,6-7H2,1-2H3. The van der Waals surface area contributed by atoms with Gasteiger partial charge in [-0.25, -0.2) is 8.42 Å². The smallest absolute Gasteiger partial charge is 0.247 e. The number of nitrogens with one attached hydrogen (secondary N) is 1. The first-order chi connectivity index (χ1) is 10.9. The third kappa shape index (κ3) is 2.10. The van der Waals surface area contributed by atoms with E-state index in [0.29, 0.717) is 5.82 Å². The van der Waals surface area contributed by atoms with Gasteiger partial charge in [0.05, 0.1) is 5.25 Å². The van der Waals surface area contributed by atoms with Crippen molar-refractivity contribution in [2.24, 2.45) is 0 Å². The van der Waals surface area contributed by atoms with Crippen molar-refractivity contribution in [2.45, 2.75) is 36.7 Å². The molecule has 1 fully saturated rings. The third-order valence-corrected chi connectivity index (χ3v) is 7.40. The number of aromatic amines is 1. The summed E-state index contributed by atoms with van der Waals surface area (Å²) in [6.45, 7) is 3.27. The fraction of sp³-hybridized carbons (Fsp3) is 0.375. The molecule has 0 radical (unpaired) electrons. The molecule has 0 spiro atoms. The van der Waals surface area contributed by atoms with E-state index in [2.05, 4.69) is 15.1 Å². The number of aromatic nitrogens is 3. The second-order valence-electron chi connectivity index (χ2n) is 6.42. The lowest BCUT2D eigenvalue weighted by molar-refractivity contribution is 0.347. The van der Waals surface area contributed by atoms with E-state index in [4.69, 9.17) is 4.52 Å². The summed E-state index contributed by atoms with van der Waals surface area (Å²) in [5.41, 5.74) is 1.79. The Morgan fingerprint density at radius 2 is 2.04 bits per heavy atom. The van der Waals surface area contributed by atoms with Crippen LogP contribution in [-0.2, 0) is 14.6 Å². The number of H-pyrrole nitrogens is 1. The van der Waals surface area contributed by atoms with E-state index in [0.717, 1.165) is 29.3 Å². The molecule has 4 rings (SSSR count). The molecule has 6 nitrogen and oxygen atoms in total. The molecule has 2 heterocycles. The second kappa shape index (κ2) is 4.67. The summed E-state index contributed by atoms with van der Waals surface area (Å²) in [5.74, 6) is 0.552. The molecule has 1 N–H and O–H groups in total. The number of hydrogen-bond donors (Lipinski definition) is 1. The minimum absolute atomic E-state index is 0.145. The Hall–Kier alpha value is -2.15.